The van der Waals surface area contributed by atoms with E-state index >= 15 is 0 Å². The van der Waals surface area contributed by atoms with Gasteiger partial charge in [-0.1, -0.05) is 24.4 Å². The number of anilines is 1. The van der Waals surface area contributed by atoms with Gasteiger partial charge in [0.25, 0.3) is 0 Å². The summed E-state index contributed by atoms with van der Waals surface area (Å²) in [5.41, 5.74) is 2.56. The Bertz CT molecular complexity index is 278. The summed E-state index contributed by atoms with van der Waals surface area (Å²) >= 11 is 0. The third-order valence-electron chi connectivity index (χ3n) is 2.44. The zero-order valence-electron chi connectivity index (χ0n) is 9.03. The summed E-state index contributed by atoms with van der Waals surface area (Å²) in [6.07, 6.45) is 0. The van der Waals surface area contributed by atoms with Gasteiger partial charge < -0.3 is 10.0 Å². The Morgan fingerprint density at radius 3 is 2.79 bits per heavy atom. The number of benzene rings is 1. The SMILES string of the molecule is CBc1cccc(N(CC)CCO)c1. The molecule has 0 unspecified atom stereocenters. The first-order valence-electron chi connectivity index (χ1n) is 5.26. The van der Waals surface area contributed by atoms with E-state index in [-0.39, 0.29) is 6.61 Å². The van der Waals surface area contributed by atoms with Gasteiger partial charge in [0.2, 0.25) is 0 Å². The molecule has 0 atom stereocenters. The number of aliphatic hydroxyl groups excluding tert-OH is 1. The maximum absolute atomic E-state index is 8.91. The third-order valence-corrected chi connectivity index (χ3v) is 2.44. The molecule has 0 aliphatic heterocycles. The van der Waals surface area contributed by atoms with Crippen molar-refractivity contribution < 1.29 is 5.11 Å². The smallest absolute Gasteiger partial charge is 0.154 e. The lowest BCUT2D eigenvalue weighted by Gasteiger charge is -2.22. The molecule has 3 heteroatoms. The van der Waals surface area contributed by atoms with Gasteiger partial charge in [-0.3, -0.25) is 0 Å². The van der Waals surface area contributed by atoms with Crippen molar-refractivity contribution in [3.63, 3.8) is 0 Å². The van der Waals surface area contributed by atoms with Crippen molar-refractivity contribution in [3.05, 3.63) is 24.3 Å². The summed E-state index contributed by atoms with van der Waals surface area (Å²) < 4.78 is 0. The van der Waals surface area contributed by atoms with Crippen LogP contribution in [0, 0.1) is 0 Å². The minimum Gasteiger partial charge on any atom is -0.395 e. The molecule has 1 N–H and O–H groups in total. The van der Waals surface area contributed by atoms with Gasteiger partial charge in [0.15, 0.2) is 7.28 Å². The number of aliphatic hydroxyl groups is 1. The van der Waals surface area contributed by atoms with Gasteiger partial charge in [-0.05, 0) is 19.1 Å². The fourth-order valence-electron chi connectivity index (χ4n) is 1.56. The molecule has 0 amide bonds. The first-order chi connectivity index (χ1) is 6.81. The summed E-state index contributed by atoms with van der Waals surface area (Å²) in [4.78, 5) is 2.18. The minimum absolute atomic E-state index is 0.212. The number of likely N-dealkylation sites (N-methyl/N-ethyl adjacent to an activating group) is 1. The van der Waals surface area contributed by atoms with Crippen LogP contribution in [0.2, 0.25) is 6.82 Å². The lowest BCUT2D eigenvalue weighted by molar-refractivity contribution is 0.302. The van der Waals surface area contributed by atoms with E-state index in [4.69, 9.17) is 5.11 Å². The Morgan fingerprint density at radius 1 is 1.43 bits per heavy atom. The largest absolute Gasteiger partial charge is 0.395 e. The summed E-state index contributed by atoms with van der Waals surface area (Å²) in [6, 6.07) is 8.50. The summed E-state index contributed by atoms with van der Waals surface area (Å²) in [5.74, 6) is 0. The van der Waals surface area contributed by atoms with Crippen LogP contribution in [0.4, 0.5) is 5.69 Å². The van der Waals surface area contributed by atoms with Crippen LogP contribution in [0.3, 0.4) is 0 Å². The Labute approximate surface area is 86.8 Å². The number of nitrogens with zero attached hydrogens (tertiary/aromatic N) is 1. The van der Waals surface area contributed by atoms with Crippen LogP contribution in [0.25, 0.3) is 0 Å². The highest BCUT2D eigenvalue weighted by Crippen LogP contribution is 2.10. The first-order valence-corrected chi connectivity index (χ1v) is 5.26. The molecule has 0 heterocycles. The Balaban J connectivity index is 2.80. The van der Waals surface area contributed by atoms with Crippen LogP contribution >= 0.6 is 0 Å². The van der Waals surface area contributed by atoms with Crippen molar-refractivity contribution in [1.29, 1.82) is 0 Å². The van der Waals surface area contributed by atoms with E-state index in [2.05, 4.69) is 42.9 Å². The molecule has 76 valence electrons. The average molecular weight is 191 g/mol. The molecule has 0 bridgehead atoms. The Morgan fingerprint density at radius 2 is 2.21 bits per heavy atom. The second kappa shape index (κ2) is 5.71. The number of rotatable bonds is 5. The van der Waals surface area contributed by atoms with Crippen molar-refractivity contribution >= 4 is 18.4 Å². The normalized spacial score (nSPS) is 9.93. The Kier molecular flexibility index (Phi) is 4.53. The van der Waals surface area contributed by atoms with Crippen LogP contribution < -0.4 is 10.4 Å². The predicted octanol–water partition coefficient (Wildman–Crippen LogP) is 0.615. The highest BCUT2D eigenvalue weighted by molar-refractivity contribution is 6.52. The molecule has 14 heavy (non-hydrogen) atoms. The van der Waals surface area contributed by atoms with E-state index < -0.39 is 0 Å². The number of hydrogen-bond donors (Lipinski definition) is 1. The molecule has 1 aromatic carbocycles. The van der Waals surface area contributed by atoms with Crippen molar-refractivity contribution in [2.24, 2.45) is 0 Å². The molecular weight excluding hydrogens is 173 g/mol. The maximum Gasteiger partial charge on any atom is 0.154 e. The summed E-state index contributed by atoms with van der Waals surface area (Å²) in [7, 11) is 1.06. The van der Waals surface area contributed by atoms with E-state index in [9.17, 15) is 0 Å². The van der Waals surface area contributed by atoms with Gasteiger partial charge in [0, 0.05) is 18.8 Å². The second-order valence-corrected chi connectivity index (χ2v) is 3.33. The minimum atomic E-state index is 0.212. The first kappa shape index (κ1) is 11.1. The topological polar surface area (TPSA) is 23.5 Å². The predicted molar refractivity (Wildman–Crippen MR) is 64.1 cm³/mol. The zero-order valence-corrected chi connectivity index (χ0v) is 9.03. The van der Waals surface area contributed by atoms with E-state index in [1.54, 1.807) is 0 Å². The van der Waals surface area contributed by atoms with Gasteiger partial charge in [-0.2, -0.15) is 0 Å². The van der Waals surface area contributed by atoms with Gasteiger partial charge in [0.1, 0.15) is 0 Å². The van der Waals surface area contributed by atoms with Crippen LogP contribution in [0.1, 0.15) is 6.92 Å². The molecular formula is C11H18BNO. The standard InChI is InChI=1S/C11H18BNO/c1-3-13(7-8-14)11-6-4-5-10(9-11)12-2/h4-6,9,12,14H,3,7-8H2,1-2H3. The molecule has 0 aliphatic carbocycles. The average Bonchev–Trinajstić information content (AvgIpc) is 2.26. The molecule has 2 nitrogen and oxygen atoms in total. The van der Waals surface area contributed by atoms with Crippen LogP contribution in [0.5, 0.6) is 0 Å². The molecule has 1 rings (SSSR count). The summed E-state index contributed by atoms with van der Waals surface area (Å²) in [6.45, 7) is 6.12. The van der Waals surface area contributed by atoms with Crippen LogP contribution in [-0.4, -0.2) is 32.1 Å². The number of hydrogen-bond acceptors (Lipinski definition) is 2. The molecule has 0 radical (unpaired) electrons. The van der Waals surface area contributed by atoms with E-state index in [0.717, 1.165) is 13.8 Å². The monoisotopic (exact) mass is 191 g/mol. The third kappa shape index (κ3) is 2.77. The van der Waals surface area contributed by atoms with Crippen molar-refractivity contribution in [2.45, 2.75) is 13.7 Å². The van der Waals surface area contributed by atoms with Gasteiger partial charge in [-0.25, -0.2) is 0 Å². The van der Waals surface area contributed by atoms with E-state index in [1.807, 2.05) is 0 Å². The fourth-order valence-corrected chi connectivity index (χ4v) is 1.56. The van der Waals surface area contributed by atoms with Gasteiger partial charge >= 0.3 is 0 Å². The van der Waals surface area contributed by atoms with Gasteiger partial charge in [0.05, 0.1) is 6.61 Å². The molecule has 1 aromatic rings. The van der Waals surface area contributed by atoms with E-state index in [0.29, 0.717) is 6.54 Å². The van der Waals surface area contributed by atoms with Crippen LogP contribution in [0.15, 0.2) is 24.3 Å². The maximum atomic E-state index is 8.91. The highest BCUT2D eigenvalue weighted by Gasteiger charge is 2.03. The van der Waals surface area contributed by atoms with Crippen molar-refractivity contribution in [3.8, 4) is 0 Å². The second-order valence-electron chi connectivity index (χ2n) is 3.33. The molecule has 0 saturated carbocycles. The molecule has 0 aromatic heterocycles. The molecule has 0 fully saturated rings. The fraction of sp³-hybridized carbons (Fsp3) is 0.455. The molecule has 0 saturated heterocycles. The molecule has 0 spiro atoms. The quantitative estimate of drug-likeness (QED) is 0.689. The summed E-state index contributed by atoms with van der Waals surface area (Å²) in [5, 5.41) is 8.91. The van der Waals surface area contributed by atoms with Crippen molar-refractivity contribution in [2.75, 3.05) is 24.6 Å². The van der Waals surface area contributed by atoms with Crippen LogP contribution in [-0.2, 0) is 0 Å². The Hall–Kier alpha value is -0.955. The lowest BCUT2D eigenvalue weighted by Crippen LogP contribution is -2.27. The van der Waals surface area contributed by atoms with Crippen molar-refractivity contribution in [1.82, 2.24) is 0 Å². The highest BCUT2D eigenvalue weighted by atomic mass is 16.3. The van der Waals surface area contributed by atoms with E-state index in [1.165, 1.54) is 11.2 Å². The molecule has 0 aliphatic rings. The lowest BCUT2D eigenvalue weighted by atomic mass is 9.73. The zero-order chi connectivity index (χ0) is 10.4. The van der Waals surface area contributed by atoms with Gasteiger partial charge in [-0.15, -0.1) is 0 Å².